The molecule has 6 heteroatoms. The molecule has 134 valence electrons. The van der Waals surface area contributed by atoms with E-state index in [1.165, 1.54) is 0 Å². The molecule has 0 aliphatic carbocycles. The summed E-state index contributed by atoms with van der Waals surface area (Å²) in [6, 6.07) is 11.7. The van der Waals surface area contributed by atoms with Gasteiger partial charge in [-0.3, -0.25) is 4.79 Å². The van der Waals surface area contributed by atoms with Crippen LogP contribution in [0.4, 0.5) is 0 Å². The van der Waals surface area contributed by atoms with Crippen molar-refractivity contribution in [2.75, 3.05) is 26.2 Å². The highest BCUT2D eigenvalue weighted by Crippen LogP contribution is 2.18. The number of carbonyl (C=O) groups is 1. The van der Waals surface area contributed by atoms with Gasteiger partial charge in [0, 0.05) is 25.4 Å². The summed E-state index contributed by atoms with van der Waals surface area (Å²) < 4.78 is 7.62. The second-order valence-corrected chi connectivity index (χ2v) is 6.42. The highest BCUT2D eigenvalue weighted by atomic mass is 16.5. The number of nitrogens with zero attached hydrogens (tertiary/aromatic N) is 3. The first-order chi connectivity index (χ1) is 12.2. The summed E-state index contributed by atoms with van der Waals surface area (Å²) in [7, 11) is 0. The van der Waals surface area contributed by atoms with Gasteiger partial charge in [-0.15, -0.1) is 0 Å². The van der Waals surface area contributed by atoms with Crippen molar-refractivity contribution in [2.45, 2.75) is 32.3 Å². The molecule has 0 unspecified atom stereocenters. The fraction of sp³-hybridized carbons (Fsp3) is 0.474. The number of benzene rings is 1. The lowest BCUT2D eigenvalue weighted by Gasteiger charge is -2.31. The van der Waals surface area contributed by atoms with Crippen molar-refractivity contribution in [2.24, 2.45) is 5.73 Å². The minimum atomic E-state index is -0.00168. The number of hydrogen-bond acceptors (Lipinski definition) is 4. The largest absolute Gasteiger partial charge is 0.378 e. The quantitative estimate of drug-likeness (QED) is 0.817. The van der Waals surface area contributed by atoms with Crippen LogP contribution in [0.15, 0.2) is 36.4 Å². The molecule has 1 aliphatic rings. The van der Waals surface area contributed by atoms with Gasteiger partial charge in [-0.25, -0.2) is 4.68 Å². The van der Waals surface area contributed by atoms with Gasteiger partial charge in [0.05, 0.1) is 11.8 Å². The lowest BCUT2D eigenvalue weighted by Crippen LogP contribution is -2.41. The topological polar surface area (TPSA) is 73.4 Å². The van der Waals surface area contributed by atoms with Crippen LogP contribution in [0.2, 0.25) is 0 Å². The van der Waals surface area contributed by atoms with Crippen LogP contribution < -0.4 is 5.73 Å². The highest BCUT2D eigenvalue weighted by Gasteiger charge is 2.25. The van der Waals surface area contributed by atoms with Gasteiger partial charge in [0.1, 0.15) is 0 Å². The number of aromatic nitrogens is 2. The fourth-order valence-electron chi connectivity index (χ4n) is 3.13. The minimum Gasteiger partial charge on any atom is -0.378 e. The molecule has 1 saturated heterocycles. The van der Waals surface area contributed by atoms with E-state index in [4.69, 9.17) is 10.5 Å². The van der Waals surface area contributed by atoms with E-state index >= 15 is 0 Å². The van der Waals surface area contributed by atoms with Crippen LogP contribution in [0, 0.1) is 6.92 Å². The van der Waals surface area contributed by atoms with Crippen molar-refractivity contribution in [3.8, 4) is 5.69 Å². The van der Waals surface area contributed by atoms with E-state index in [9.17, 15) is 4.79 Å². The number of likely N-dealkylation sites (tertiary alicyclic amines) is 1. The van der Waals surface area contributed by atoms with Gasteiger partial charge in [0.25, 0.3) is 5.91 Å². The van der Waals surface area contributed by atoms with Gasteiger partial charge in [0.2, 0.25) is 0 Å². The molecule has 0 atom stereocenters. The molecule has 0 radical (unpaired) electrons. The van der Waals surface area contributed by atoms with Crippen molar-refractivity contribution < 1.29 is 9.53 Å². The molecular formula is C19H26N4O2. The molecule has 3 rings (SSSR count). The Kier molecular flexibility index (Phi) is 5.83. The van der Waals surface area contributed by atoms with Gasteiger partial charge in [-0.05, 0) is 50.9 Å². The Morgan fingerprint density at radius 1 is 1.28 bits per heavy atom. The van der Waals surface area contributed by atoms with Crippen LogP contribution in [0.3, 0.4) is 0 Å². The van der Waals surface area contributed by atoms with Crippen LogP contribution in [0.5, 0.6) is 0 Å². The van der Waals surface area contributed by atoms with Crippen LogP contribution in [0.25, 0.3) is 5.69 Å². The van der Waals surface area contributed by atoms with Crippen LogP contribution in [-0.4, -0.2) is 52.9 Å². The van der Waals surface area contributed by atoms with Gasteiger partial charge >= 0.3 is 0 Å². The zero-order valence-corrected chi connectivity index (χ0v) is 14.7. The molecule has 6 nitrogen and oxygen atoms in total. The Morgan fingerprint density at radius 3 is 2.68 bits per heavy atom. The van der Waals surface area contributed by atoms with E-state index in [2.05, 4.69) is 5.10 Å². The summed E-state index contributed by atoms with van der Waals surface area (Å²) in [6.45, 7) is 4.75. The molecule has 0 spiro atoms. The molecule has 1 aromatic carbocycles. The Balaban J connectivity index is 1.61. The standard InChI is InChI=1S/C19H26N4O2/c1-15-14-18(21-23(15)16-6-3-2-4-7-16)19(24)22-11-8-17(9-12-22)25-13-5-10-20/h2-4,6-7,14,17H,5,8-13,20H2,1H3. The van der Waals surface area contributed by atoms with Crippen LogP contribution >= 0.6 is 0 Å². The van der Waals surface area contributed by atoms with E-state index in [-0.39, 0.29) is 12.0 Å². The predicted molar refractivity (Wildman–Crippen MR) is 96.8 cm³/mol. The zero-order valence-electron chi connectivity index (χ0n) is 14.7. The molecule has 1 fully saturated rings. The van der Waals surface area contributed by atoms with E-state index in [0.717, 1.165) is 30.6 Å². The third kappa shape index (κ3) is 4.27. The lowest BCUT2D eigenvalue weighted by atomic mass is 10.1. The summed E-state index contributed by atoms with van der Waals surface area (Å²) in [6.07, 6.45) is 2.86. The average Bonchev–Trinajstić information content (AvgIpc) is 3.04. The molecule has 2 aromatic rings. The SMILES string of the molecule is Cc1cc(C(=O)N2CCC(OCCCN)CC2)nn1-c1ccccc1. The van der Waals surface area contributed by atoms with Gasteiger partial charge in [0.15, 0.2) is 5.69 Å². The number of piperidine rings is 1. The molecule has 1 amide bonds. The third-order valence-corrected chi connectivity index (χ3v) is 4.54. The number of aryl methyl sites for hydroxylation is 1. The number of carbonyl (C=O) groups excluding carboxylic acids is 1. The molecule has 2 N–H and O–H groups in total. The van der Waals surface area contributed by atoms with E-state index in [1.807, 2.05) is 52.9 Å². The first-order valence-corrected chi connectivity index (χ1v) is 8.92. The predicted octanol–water partition coefficient (Wildman–Crippen LogP) is 2.15. The highest BCUT2D eigenvalue weighted by molar-refractivity contribution is 5.92. The zero-order chi connectivity index (χ0) is 17.6. The fourth-order valence-corrected chi connectivity index (χ4v) is 3.13. The van der Waals surface area contributed by atoms with Crippen molar-refractivity contribution in [3.05, 3.63) is 47.8 Å². The Labute approximate surface area is 148 Å². The number of nitrogens with two attached hydrogens (primary N) is 1. The third-order valence-electron chi connectivity index (χ3n) is 4.54. The molecule has 25 heavy (non-hydrogen) atoms. The maximum atomic E-state index is 12.8. The number of amides is 1. The second kappa shape index (κ2) is 8.27. The number of ether oxygens (including phenoxy) is 1. The first-order valence-electron chi connectivity index (χ1n) is 8.92. The van der Waals surface area contributed by atoms with E-state index in [1.54, 1.807) is 0 Å². The number of para-hydroxylation sites is 1. The molecule has 2 heterocycles. The normalized spacial score (nSPS) is 15.5. The van der Waals surface area contributed by atoms with E-state index < -0.39 is 0 Å². The maximum absolute atomic E-state index is 12.8. The summed E-state index contributed by atoms with van der Waals surface area (Å²) in [5.74, 6) is -0.00168. The van der Waals surface area contributed by atoms with Crippen molar-refractivity contribution >= 4 is 5.91 Å². The Bertz CT molecular complexity index is 691. The average molecular weight is 342 g/mol. The summed E-state index contributed by atoms with van der Waals surface area (Å²) in [5.41, 5.74) is 7.91. The Hall–Kier alpha value is -2.18. The molecule has 0 bridgehead atoms. The maximum Gasteiger partial charge on any atom is 0.274 e. The van der Waals surface area contributed by atoms with Crippen molar-refractivity contribution in [3.63, 3.8) is 0 Å². The molecule has 1 aliphatic heterocycles. The van der Waals surface area contributed by atoms with E-state index in [0.29, 0.717) is 31.9 Å². The summed E-state index contributed by atoms with van der Waals surface area (Å²) in [4.78, 5) is 14.6. The summed E-state index contributed by atoms with van der Waals surface area (Å²) in [5, 5.41) is 4.52. The minimum absolute atomic E-state index is 0.00168. The first kappa shape index (κ1) is 17.6. The number of rotatable bonds is 6. The Morgan fingerprint density at radius 2 is 2.00 bits per heavy atom. The van der Waals surface area contributed by atoms with Gasteiger partial charge in [-0.1, -0.05) is 18.2 Å². The van der Waals surface area contributed by atoms with Crippen LogP contribution in [0.1, 0.15) is 35.4 Å². The number of hydrogen-bond donors (Lipinski definition) is 1. The lowest BCUT2D eigenvalue weighted by molar-refractivity contribution is 0.00828. The van der Waals surface area contributed by atoms with Crippen molar-refractivity contribution in [1.29, 1.82) is 0 Å². The monoisotopic (exact) mass is 342 g/mol. The van der Waals surface area contributed by atoms with Gasteiger partial charge < -0.3 is 15.4 Å². The summed E-state index contributed by atoms with van der Waals surface area (Å²) >= 11 is 0. The second-order valence-electron chi connectivity index (χ2n) is 6.42. The van der Waals surface area contributed by atoms with Crippen molar-refractivity contribution in [1.82, 2.24) is 14.7 Å². The molecule has 1 aromatic heterocycles. The smallest absolute Gasteiger partial charge is 0.274 e. The molecular weight excluding hydrogens is 316 g/mol. The van der Waals surface area contributed by atoms with Crippen LogP contribution in [-0.2, 0) is 4.74 Å². The van der Waals surface area contributed by atoms with Gasteiger partial charge in [-0.2, -0.15) is 5.10 Å². The molecule has 0 saturated carbocycles.